The predicted molar refractivity (Wildman–Crippen MR) is 132 cm³/mol. The highest BCUT2D eigenvalue weighted by molar-refractivity contribution is 5.82. The SMILES string of the molecule is CNc1ncnc2c1ncn2[C@@H]1O[C@H](CO)[C@@H](O)[C@H]1O.O=Nc1ncnc2c1ncn2[C@@H]1O[C@H](CO)[C@@H](O)[C@H]1O. The van der Waals surface area contributed by atoms with Crippen LogP contribution in [0.2, 0.25) is 0 Å². The zero-order valence-electron chi connectivity index (χ0n) is 20.8. The van der Waals surface area contributed by atoms with Gasteiger partial charge in [-0.15, -0.1) is 4.91 Å². The lowest BCUT2D eigenvalue weighted by atomic mass is 10.1. The molecule has 0 amide bonds. The molecule has 19 nitrogen and oxygen atoms in total. The van der Waals surface area contributed by atoms with Crippen molar-refractivity contribution < 1.29 is 40.1 Å². The Morgan fingerprint density at radius 3 is 1.75 bits per heavy atom. The lowest BCUT2D eigenvalue weighted by molar-refractivity contribution is -0.0511. The van der Waals surface area contributed by atoms with Crippen molar-refractivity contribution in [1.29, 1.82) is 0 Å². The molecule has 4 aromatic rings. The summed E-state index contributed by atoms with van der Waals surface area (Å²) in [5.41, 5.74) is 1.41. The molecule has 0 aromatic carbocycles. The molecular weight excluding hydrogens is 536 g/mol. The third-order valence-electron chi connectivity index (χ3n) is 6.60. The van der Waals surface area contributed by atoms with Gasteiger partial charge in [-0.3, -0.25) is 9.13 Å². The van der Waals surface area contributed by atoms with Gasteiger partial charge in [0.25, 0.3) is 0 Å². The summed E-state index contributed by atoms with van der Waals surface area (Å²) in [6.45, 7) is -0.810. The standard InChI is InChI=1S/C11H15N5O4.C10H11N5O5/c1-12-9-6-10(14-3-13-9)16(4-15-6)11-8(19)7(18)5(2-17)20-11;16-1-4-6(17)7(18)10(20-4)15-3-13-5-8(14-19)11-2-12-9(5)15/h3-5,7-8,11,17-19H,2H2,1H3,(H,12,13,14);2-4,6-7,10,16-18H,1H2/t5-,7-,8-,11-;4-,6-,7-,10-/m11/s1. The normalized spacial score (nSPS) is 30.0. The molecule has 0 spiro atoms. The number of ether oxygens (including phenoxy) is 2. The number of imidazole rings is 2. The van der Waals surface area contributed by atoms with Gasteiger partial charge in [0.2, 0.25) is 5.82 Å². The molecule has 6 heterocycles. The average Bonchev–Trinajstić information content (AvgIpc) is 3.74. The van der Waals surface area contributed by atoms with Gasteiger partial charge in [-0.25, -0.2) is 29.9 Å². The van der Waals surface area contributed by atoms with Gasteiger partial charge in [0, 0.05) is 7.05 Å². The summed E-state index contributed by atoms with van der Waals surface area (Å²) in [5, 5.41) is 63.3. The van der Waals surface area contributed by atoms with Crippen LogP contribution in [0.3, 0.4) is 0 Å². The van der Waals surface area contributed by atoms with Crippen LogP contribution in [0, 0.1) is 4.91 Å². The fourth-order valence-electron chi connectivity index (χ4n) is 4.53. The third-order valence-corrected chi connectivity index (χ3v) is 6.60. The van der Waals surface area contributed by atoms with Gasteiger partial charge in [0.05, 0.1) is 25.9 Å². The highest BCUT2D eigenvalue weighted by Crippen LogP contribution is 2.33. The van der Waals surface area contributed by atoms with E-state index in [0.29, 0.717) is 17.0 Å². The van der Waals surface area contributed by atoms with Crippen molar-refractivity contribution in [1.82, 2.24) is 39.0 Å². The van der Waals surface area contributed by atoms with E-state index in [1.165, 1.54) is 28.1 Å². The summed E-state index contributed by atoms with van der Waals surface area (Å²) in [7, 11) is 1.72. The molecule has 0 bridgehead atoms. The predicted octanol–water partition coefficient (Wildman–Crippen LogP) is -2.68. The number of hydrogen-bond acceptors (Lipinski definition) is 17. The van der Waals surface area contributed by atoms with Crippen LogP contribution in [0.5, 0.6) is 0 Å². The molecule has 4 aromatic heterocycles. The number of nitrogens with one attached hydrogen (secondary N) is 1. The number of nitrogens with zero attached hydrogens (tertiary/aromatic N) is 9. The Hall–Kier alpha value is -3.82. The molecule has 7 N–H and O–H groups in total. The Morgan fingerprint density at radius 1 is 0.775 bits per heavy atom. The van der Waals surface area contributed by atoms with Crippen LogP contribution in [0.1, 0.15) is 12.5 Å². The van der Waals surface area contributed by atoms with E-state index < -0.39 is 55.7 Å². The molecule has 2 saturated heterocycles. The van der Waals surface area contributed by atoms with Gasteiger partial charge in [-0.05, 0) is 5.18 Å². The zero-order valence-corrected chi connectivity index (χ0v) is 20.8. The highest BCUT2D eigenvalue weighted by Gasteiger charge is 2.45. The first-order valence-corrected chi connectivity index (χ1v) is 12.0. The topological polar surface area (TPSA) is 268 Å². The summed E-state index contributed by atoms with van der Waals surface area (Å²) < 4.78 is 13.7. The Balaban J connectivity index is 0.000000161. The van der Waals surface area contributed by atoms with Crippen molar-refractivity contribution in [3.63, 3.8) is 0 Å². The fourth-order valence-corrected chi connectivity index (χ4v) is 4.53. The van der Waals surface area contributed by atoms with Crippen LogP contribution in [-0.2, 0) is 9.47 Å². The molecule has 0 aliphatic carbocycles. The minimum absolute atomic E-state index is 0.125. The molecule has 214 valence electrons. The molecule has 8 atom stereocenters. The van der Waals surface area contributed by atoms with Crippen LogP contribution in [-0.4, -0.2) is 127 Å². The first-order chi connectivity index (χ1) is 19.3. The Kier molecular flexibility index (Phi) is 7.87. The molecule has 0 saturated carbocycles. The summed E-state index contributed by atoms with van der Waals surface area (Å²) in [4.78, 5) is 34.6. The first kappa shape index (κ1) is 27.7. The number of rotatable bonds is 6. The van der Waals surface area contributed by atoms with E-state index in [-0.39, 0.29) is 23.6 Å². The van der Waals surface area contributed by atoms with Gasteiger partial charge in [0.15, 0.2) is 35.1 Å². The Labute approximate surface area is 223 Å². The second kappa shape index (κ2) is 11.3. The second-order valence-corrected chi connectivity index (χ2v) is 8.87. The van der Waals surface area contributed by atoms with Crippen molar-refractivity contribution in [3.8, 4) is 0 Å². The van der Waals surface area contributed by atoms with Crippen LogP contribution < -0.4 is 5.32 Å². The van der Waals surface area contributed by atoms with Crippen molar-refractivity contribution in [2.75, 3.05) is 25.6 Å². The number of aliphatic hydroxyl groups excluding tert-OH is 6. The summed E-state index contributed by atoms with van der Waals surface area (Å²) in [5.74, 6) is 0.431. The fraction of sp³-hybridized carbons (Fsp3) is 0.524. The van der Waals surface area contributed by atoms with Crippen LogP contribution in [0.4, 0.5) is 11.6 Å². The second-order valence-electron chi connectivity index (χ2n) is 8.87. The van der Waals surface area contributed by atoms with E-state index in [0.717, 1.165) is 6.33 Å². The number of nitroso groups, excluding NO2 is 1. The number of aromatic nitrogens is 8. The van der Waals surface area contributed by atoms with Gasteiger partial charge >= 0.3 is 0 Å². The average molecular weight is 563 g/mol. The van der Waals surface area contributed by atoms with E-state index in [1.807, 2.05) is 0 Å². The van der Waals surface area contributed by atoms with Crippen molar-refractivity contribution in [2.24, 2.45) is 5.18 Å². The van der Waals surface area contributed by atoms with E-state index in [2.05, 4.69) is 40.4 Å². The largest absolute Gasteiger partial charge is 0.394 e. The molecule has 0 radical (unpaired) electrons. The summed E-state index contributed by atoms with van der Waals surface area (Å²) in [6, 6.07) is 0. The quantitative estimate of drug-likeness (QED) is 0.118. The van der Waals surface area contributed by atoms with Crippen molar-refractivity contribution in [2.45, 2.75) is 49.1 Å². The lowest BCUT2D eigenvalue weighted by Gasteiger charge is -2.16. The third kappa shape index (κ3) is 4.63. The molecule has 2 aliphatic heterocycles. The maximum absolute atomic E-state index is 10.6. The minimum Gasteiger partial charge on any atom is -0.394 e. The molecule has 2 aliphatic rings. The van der Waals surface area contributed by atoms with E-state index in [9.17, 15) is 25.3 Å². The monoisotopic (exact) mass is 562 g/mol. The van der Waals surface area contributed by atoms with Gasteiger partial charge in [-0.2, -0.15) is 0 Å². The minimum atomic E-state index is -1.26. The summed E-state index contributed by atoms with van der Waals surface area (Å²) in [6.07, 6.45) is -3.11. The molecular formula is C21H26N10O9. The van der Waals surface area contributed by atoms with Gasteiger partial charge in [0.1, 0.15) is 54.8 Å². The molecule has 2 fully saturated rings. The molecule has 6 rings (SSSR count). The maximum Gasteiger partial charge on any atom is 0.227 e. The molecule has 19 heteroatoms. The molecule has 0 unspecified atom stereocenters. The van der Waals surface area contributed by atoms with Crippen molar-refractivity contribution >= 4 is 34.0 Å². The molecule has 40 heavy (non-hydrogen) atoms. The Bertz CT molecular complexity index is 1480. The van der Waals surface area contributed by atoms with E-state index >= 15 is 0 Å². The first-order valence-electron chi connectivity index (χ1n) is 12.0. The zero-order chi connectivity index (χ0) is 28.6. The number of anilines is 1. The van der Waals surface area contributed by atoms with Gasteiger partial charge in [-0.1, -0.05) is 0 Å². The maximum atomic E-state index is 10.6. The van der Waals surface area contributed by atoms with Crippen LogP contribution >= 0.6 is 0 Å². The van der Waals surface area contributed by atoms with E-state index in [4.69, 9.17) is 19.7 Å². The number of fused-ring (bicyclic) bond motifs is 2. The number of hydrogen-bond donors (Lipinski definition) is 7. The van der Waals surface area contributed by atoms with Crippen LogP contribution in [0.15, 0.2) is 30.5 Å². The van der Waals surface area contributed by atoms with Gasteiger partial charge < -0.3 is 45.4 Å². The lowest BCUT2D eigenvalue weighted by Crippen LogP contribution is -2.33. The smallest absolute Gasteiger partial charge is 0.227 e. The Morgan fingerprint density at radius 2 is 1.27 bits per heavy atom. The van der Waals surface area contributed by atoms with Crippen LogP contribution in [0.25, 0.3) is 22.3 Å². The number of aliphatic hydroxyl groups is 6. The highest BCUT2D eigenvalue weighted by atomic mass is 16.6. The summed E-state index contributed by atoms with van der Waals surface area (Å²) >= 11 is 0. The van der Waals surface area contributed by atoms with E-state index in [1.54, 1.807) is 7.05 Å². The van der Waals surface area contributed by atoms with Crippen molar-refractivity contribution in [3.05, 3.63) is 30.2 Å².